The van der Waals surface area contributed by atoms with Gasteiger partial charge < -0.3 is 19.6 Å². The lowest BCUT2D eigenvalue weighted by atomic mass is 10.2. The molecule has 2 aromatic heterocycles. The highest BCUT2D eigenvalue weighted by Gasteiger charge is 2.23. The van der Waals surface area contributed by atoms with Crippen molar-refractivity contribution in [2.24, 2.45) is 0 Å². The summed E-state index contributed by atoms with van der Waals surface area (Å²) in [6.07, 6.45) is 8.16. The Morgan fingerprint density at radius 3 is 2.45 bits per heavy atom. The third-order valence-electron chi connectivity index (χ3n) is 5.78. The highest BCUT2D eigenvalue weighted by molar-refractivity contribution is 5.92. The number of piperazine rings is 1. The van der Waals surface area contributed by atoms with Gasteiger partial charge in [-0.1, -0.05) is 0 Å². The lowest BCUT2D eigenvalue weighted by Crippen LogP contribution is -2.47. The van der Waals surface area contributed by atoms with Crippen LogP contribution in [-0.2, 0) is 0 Å². The van der Waals surface area contributed by atoms with Crippen LogP contribution in [0.25, 0.3) is 0 Å². The van der Waals surface area contributed by atoms with Crippen molar-refractivity contribution in [3.8, 4) is 0 Å². The zero-order valence-corrected chi connectivity index (χ0v) is 17.3. The van der Waals surface area contributed by atoms with Crippen LogP contribution in [-0.4, -0.2) is 90.1 Å². The molecule has 2 saturated heterocycles. The monoisotopic (exact) mass is 395 g/mol. The van der Waals surface area contributed by atoms with E-state index in [4.69, 9.17) is 0 Å². The number of hydrogen-bond acceptors (Lipinski definition) is 7. The second-order valence-electron chi connectivity index (χ2n) is 7.85. The molecule has 2 aliphatic rings. The molecule has 0 bridgehead atoms. The van der Waals surface area contributed by atoms with E-state index >= 15 is 0 Å². The maximum Gasteiger partial charge on any atom is 0.274 e. The summed E-state index contributed by atoms with van der Waals surface area (Å²) in [4.78, 5) is 34.8. The molecule has 0 atom stereocenters. The second-order valence-corrected chi connectivity index (χ2v) is 7.85. The van der Waals surface area contributed by atoms with Crippen LogP contribution < -0.4 is 9.80 Å². The summed E-state index contributed by atoms with van der Waals surface area (Å²) in [6.45, 7) is 9.03. The summed E-state index contributed by atoms with van der Waals surface area (Å²) in [6, 6.07) is 2.08. The van der Waals surface area contributed by atoms with E-state index in [1.807, 2.05) is 17.3 Å². The molecule has 2 aliphatic heterocycles. The number of carbonyl (C=O) groups excluding carboxylic acids is 1. The Hall–Kier alpha value is -2.74. The van der Waals surface area contributed by atoms with Crippen molar-refractivity contribution in [1.29, 1.82) is 0 Å². The summed E-state index contributed by atoms with van der Waals surface area (Å²) in [5.74, 6) is 0.773. The van der Waals surface area contributed by atoms with Gasteiger partial charge in [0, 0.05) is 70.4 Å². The van der Waals surface area contributed by atoms with Gasteiger partial charge in [0.05, 0.1) is 12.4 Å². The smallest absolute Gasteiger partial charge is 0.274 e. The van der Waals surface area contributed by atoms with Crippen LogP contribution in [0.4, 0.5) is 11.5 Å². The molecule has 0 spiro atoms. The van der Waals surface area contributed by atoms with Gasteiger partial charge in [0.2, 0.25) is 0 Å². The first kappa shape index (κ1) is 19.6. The number of anilines is 2. The van der Waals surface area contributed by atoms with E-state index in [1.54, 1.807) is 12.4 Å². The van der Waals surface area contributed by atoms with Gasteiger partial charge in [-0.25, -0.2) is 4.98 Å². The minimum absolute atomic E-state index is 0.0173. The predicted molar refractivity (Wildman–Crippen MR) is 113 cm³/mol. The number of aromatic nitrogens is 3. The molecule has 8 nitrogen and oxygen atoms in total. The van der Waals surface area contributed by atoms with Gasteiger partial charge in [0.1, 0.15) is 11.5 Å². The summed E-state index contributed by atoms with van der Waals surface area (Å²) in [5, 5.41) is 0. The molecule has 0 unspecified atom stereocenters. The van der Waals surface area contributed by atoms with E-state index in [9.17, 15) is 4.79 Å². The molecule has 4 rings (SSSR count). The summed E-state index contributed by atoms with van der Waals surface area (Å²) in [7, 11) is 2.08. The van der Waals surface area contributed by atoms with E-state index in [0.29, 0.717) is 5.69 Å². The number of nitrogens with zero attached hydrogens (tertiary/aromatic N) is 7. The third kappa shape index (κ3) is 4.48. The molecule has 4 heterocycles. The Morgan fingerprint density at radius 2 is 1.66 bits per heavy atom. The third-order valence-corrected chi connectivity index (χ3v) is 5.78. The van der Waals surface area contributed by atoms with Gasteiger partial charge in [-0.2, -0.15) is 0 Å². The second kappa shape index (κ2) is 8.73. The van der Waals surface area contributed by atoms with Crippen LogP contribution in [0.15, 0.2) is 30.9 Å². The van der Waals surface area contributed by atoms with Crippen LogP contribution >= 0.6 is 0 Å². The minimum atomic E-state index is -0.0173. The largest absolute Gasteiger partial charge is 0.369 e. The van der Waals surface area contributed by atoms with Gasteiger partial charge in [0.15, 0.2) is 0 Å². The van der Waals surface area contributed by atoms with E-state index in [1.165, 1.54) is 11.3 Å². The molecule has 2 aromatic rings. The number of rotatable bonds is 3. The fourth-order valence-corrected chi connectivity index (χ4v) is 3.99. The van der Waals surface area contributed by atoms with Crippen molar-refractivity contribution in [3.63, 3.8) is 0 Å². The molecule has 8 heteroatoms. The van der Waals surface area contributed by atoms with Crippen molar-refractivity contribution >= 4 is 17.4 Å². The molecule has 29 heavy (non-hydrogen) atoms. The van der Waals surface area contributed by atoms with Crippen LogP contribution in [0.3, 0.4) is 0 Å². The average Bonchev–Trinajstić information content (AvgIpc) is 3.00. The Kier molecular flexibility index (Phi) is 5.89. The van der Waals surface area contributed by atoms with Gasteiger partial charge in [-0.05, 0) is 32.0 Å². The van der Waals surface area contributed by atoms with E-state index in [2.05, 4.69) is 49.7 Å². The van der Waals surface area contributed by atoms with E-state index < -0.39 is 0 Å². The maximum atomic E-state index is 12.9. The number of pyridine rings is 1. The highest BCUT2D eigenvalue weighted by atomic mass is 16.2. The van der Waals surface area contributed by atoms with Crippen molar-refractivity contribution in [1.82, 2.24) is 24.8 Å². The Labute approximate surface area is 172 Å². The lowest BCUT2D eigenvalue weighted by Gasteiger charge is -2.32. The maximum absolute atomic E-state index is 12.9. The molecule has 0 aliphatic carbocycles. The van der Waals surface area contributed by atoms with Gasteiger partial charge in [-0.3, -0.25) is 14.8 Å². The van der Waals surface area contributed by atoms with Gasteiger partial charge in [0.25, 0.3) is 5.91 Å². The molecule has 0 aromatic carbocycles. The summed E-state index contributed by atoms with van der Waals surface area (Å²) in [5.41, 5.74) is 2.88. The molecule has 154 valence electrons. The molecule has 0 saturated carbocycles. The number of amides is 1. The normalized spacial score (nSPS) is 18.6. The average molecular weight is 396 g/mol. The fraction of sp³-hybridized carbons (Fsp3) is 0.524. The van der Waals surface area contributed by atoms with E-state index in [0.717, 1.165) is 64.6 Å². The minimum Gasteiger partial charge on any atom is -0.369 e. The van der Waals surface area contributed by atoms with Crippen molar-refractivity contribution in [2.75, 3.05) is 69.2 Å². The van der Waals surface area contributed by atoms with Gasteiger partial charge >= 0.3 is 0 Å². The quantitative estimate of drug-likeness (QED) is 0.776. The number of likely N-dealkylation sites (N-methyl/N-ethyl adjacent to an activating group) is 1. The van der Waals surface area contributed by atoms with Crippen LogP contribution in [0.1, 0.15) is 22.5 Å². The van der Waals surface area contributed by atoms with Crippen molar-refractivity contribution < 1.29 is 4.79 Å². The van der Waals surface area contributed by atoms with Gasteiger partial charge in [-0.15, -0.1) is 0 Å². The van der Waals surface area contributed by atoms with Crippen LogP contribution in [0, 0.1) is 6.92 Å². The zero-order chi connectivity index (χ0) is 20.2. The standard InChI is InChI=1S/C21H29N7O/c1-17-14-22-5-4-19(17)26-6-3-7-27(13-12-26)20-16-23-15-18(24-20)21(29)28-10-8-25(2)9-11-28/h4-5,14-16H,3,6-13H2,1-2H3. The summed E-state index contributed by atoms with van der Waals surface area (Å²) < 4.78 is 0. The molecular formula is C21H29N7O. The van der Waals surface area contributed by atoms with Crippen molar-refractivity contribution in [3.05, 3.63) is 42.1 Å². The molecule has 0 radical (unpaired) electrons. The summed E-state index contributed by atoms with van der Waals surface area (Å²) >= 11 is 0. The fourth-order valence-electron chi connectivity index (χ4n) is 3.99. The highest BCUT2D eigenvalue weighted by Crippen LogP contribution is 2.21. The predicted octanol–water partition coefficient (Wildman–Crippen LogP) is 1.28. The molecule has 0 N–H and O–H groups in total. The number of carbonyl (C=O) groups is 1. The first-order chi connectivity index (χ1) is 14.1. The first-order valence-corrected chi connectivity index (χ1v) is 10.3. The zero-order valence-electron chi connectivity index (χ0n) is 17.3. The van der Waals surface area contributed by atoms with Crippen LogP contribution in [0.5, 0.6) is 0 Å². The number of hydrogen-bond donors (Lipinski definition) is 0. The Balaban J connectivity index is 1.44. The molecule has 1 amide bonds. The molecule has 2 fully saturated rings. The van der Waals surface area contributed by atoms with Crippen LogP contribution in [0.2, 0.25) is 0 Å². The Morgan fingerprint density at radius 1 is 0.897 bits per heavy atom. The van der Waals surface area contributed by atoms with E-state index in [-0.39, 0.29) is 5.91 Å². The number of aryl methyl sites for hydroxylation is 1. The Bertz CT molecular complexity index is 850. The SMILES string of the molecule is Cc1cnccc1N1CCCN(c2cncc(C(=O)N3CCN(C)CC3)n2)CC1. The topological polar surface area (TPSA) is 68.7 Å². The lowest BCUT2D eigenvalue weighted by molar-refractivity contribution is 0.0658. The molecular weight excluding hydrogens is 366 g/mol. The first-order valence-electron chi connectivity index (χ1n) is 10.3. The van der Waals surface area contributed by atoms with Crippen molar-refractivity contribution in [2.45, 2.75) is 13.3 Å².